The third-order valence-corrected chi connectivity index (χ3v) is 9.65. The summed E-state index contributed by atoms with van der Waals surface area (Å²) in [5.41, 5.74) is 12.5. The van der Waals surface area contributed by atoms with Crippen LogP contribution in [0.2, 0.25) is 0 Å². The van der Waals surface area contributed by atoms with E-state index < -0.39 is 0 Å². The minimum absolute atomic E-state index is 0.831. The van der Waals surface area contributed by atoms with Crippen LogP contribution in [0.25, 0.3) is 89.3 Å². The van der Waals surface area contributed by atoms with E-state index in [2.05, 4.69) is 144 Å². The summed E-state index contributed by atoms with van der Waals surface area (Å²) in [6, 6.07) is 49.0. The van der Waals surface area contributed by atoms with Crippen LogP contribution in [-0.4, -0.2) is 14.5 Å². The van der Waals surface area contributed by atoms with Crippen molar-refractivity contribution in [3.8, 4) is 39.5 Å². The molecule has 4 heteroatoms. The molecule has 0 unspecified atom stereocenters. The van der Waals surface area contributed by atoms with Crippen molar-refractivity contribution in [2.45, 2.75) is 6.42 Å². The summed E-state index contributed by atoms with van der Waals surface area (Å²) >= 11 is 0. The lowest BCUT2D eigenvalue weighted by Gasteiger charge is -2.14. The van der Waals surface area contributed by atoms with Gasteiger partial charge in [-0.3, -0.25) is 4.57 Å². The van der Waals surface area contributed by atoms with Crippen LogP contribution in [0.3, 0.4) is 0 Å². The third kappa shape index (κ3) is 4.53. The maximum absolute atomic E-state index is 6.36. The zero-order valence-corrected chi connectivity index (χ0v) is 26.5. The van der Waals surface area contributed by atoms with E-state index in [9.17, 15) is 0 Å². The molecule has 4 nitrogen and oxygen atoms in total. The number of hydrogen-bond acceptors (Lipinski definition) is 3. The van der Waals surface area contributed by atoms with Crippen LogP contribution in [0.4, 0.5) is 0 Å². The van der Waals surface area contributed by atoms with Crippen LogP contribution >= 0.6 is 0 Å². The van der Waals surface area contributed by atoms with E-state index >= 15 is 0 Å². The number of nitrogens with zero attached hydrogens (tertiary/aromatic N) is 3. The highest BCUT2D eigenvalue weighted by Crippen LogP contribution is 2.39. The van der Waals surface area contributed by atoms with Gasteiger partial charge in [-0.2, -0.15) is 0 Å². The van der Waals surface area contributed by atoms with E-state index in [1.165, 1.54) is 10.9 Å². The minimum atomic E-state index is 0.831. The number of benzene rings is 6. The molecule has 0 radical (unpaired) electrons. The predicted octanol–water partition coefficient (Wildman–Crippen LogP) is 11.6. The monoisotopic (exact) mass is 627 g/mol. The van der Waals surface area contributed by atoms with E-state index in [4.69, 9.17) is 14.4 Å². The molecule has 6 aromatic carbocycles. The Hall–Kier alpha value is -6.52. The number of hydrogen-bond donors (Lipinski definition) is 0. The standard InChI is InChI=1S/C45H29N3O/c1-3-12-30(13-4-1)45-47-40-19-8-9-20-41(40)48(45)33-24-22-29(23-25-33)31-14-11-15-32(26-31)44-38-28-43-37(35-17-7-10-21-42(35)49-43)27-36(38)34-16-5-2-6-18-39(34)46-44/h1-15,17-28H,16H2. The second kappa shape index (κ2) is 11.0. The van der Waals surface area contributed by atoms with Gasteiger partial charge >= 0.3 is 0 Å². The highest BCUT2D eigenvalue weighted by molar-refractivity contribution is 6.13. The highest BCUT2D eigenvalue weighted by atomic mass is 16.3. The molecule has 49 heavy (non-hydrogen) atoms. The molecule has 0 fully saturated rings. The van der Waals surface area contributed by atoms with Crippen molar-refractivity contribution in [1.29, 1.82) is 0 Å². The average molecular weight is 628 g/mol. The van der Waals surface area contributed by atoms with Crippen molar-refractivity contribution in [2.75, 3.05) is 0 Å². The Morgan fingerprint density at radius 2 is 1.33 bits per heavy atom. The molecule has 0 bridgehead atoms. The molecule has 3 aromatic heterocycles. The maximum Gasteiger partial charge on any atom is 0.145 e. The molecular weight excluding hydrogens is 599 g/mol. The third-order valence-electron chi connectivity index (χ3n) is 9.65. The zero-order valence-electron chi connectivity index (χ0n) is 26.5. The molecule has 1 aliphatic rings. The molecule has 0 N–H and O–H groups in total. The summed E-state index contributed by atoms with van der Waals surface area (Å²) in [7, 11) is 0. The van der Waals surface area contributed by atoms with Crippen LogP contribution in [0.5, 0.6) is 0 Å². The van der Waals surface area contributed by atoms with Gasteiger partial charge in [-0.25, -0.2) is 9.97 Å². The van der Waals surface area contributed by atoms with Crippen molar-refractivity contribution in [3.63, 3.8) is 0 Å². The van der Waals surface area contributed by atoms with Gasteiger partial charge in [0, 0.05) is 33.0 Å². The number of imidazole rings is 1. The van der Waals surface area contributed by atoms with Crippen molar-refractivity contribution < 1.29 is 4.42 Å². The molecule has 230 valence electrons. The van der Waals surface area contributed by atoms with Crippen LogP contribution in [-0.2, 0) is 6.42 Å². The van der Waals surface area contributed by atoms with E-state index in [0.717, 1.165) is 89.9 Å². The predicted molar refractivity (Wildman–Crippen MR) is 202 cm³/mol. The number of pyridine rings is 1. The molecular formula is C45H29N3O. The number of rotatable bonds is 4. The second-order valence-electron chi connectivity index (χ2n) is 12.6. The van der Waals surface area contributed by atoms with Gasteiger partial charge in [0.1, 0.15) is 17.0 Å². The van der Waals surface area contributed by atoms with Crippen molar-refractivity contribution >= 4 is 49.8 Å². The van der Waals surface area contributed by atoms with Gasteiger partial charge in [-0.05, 0) is 83.1 Å². The van der Waals surface area contributed by atoms with Crippen LogP contribution in [0, 0.1) is 0 Å². The molecule has 3 heterocycles. The summed E-state index contributed by atoms with van der Waals surface area (Å²) in [6.45, 7) is 0. The second-order valence-corrected chi connectivity index (χ2v) is 12.6. The smallest absolute Gasteiger partial charge is 0.145 e. The van der Waals surface area contributed by atoms with E-state index in [1.54, 1.807) is 0 Å². The van der Waals surface area contributed by atoms with Crippen LogP contribution in [0.1, 0.15) is 11.3 Å². The van der Waals surface area contributed by atoms with Gasteiger partial charge in [0.2, 0.25) is 0 Å². The quantitative estimate of drug-likeness (QED) is 0.195. The molecule has 0 amide bonds. The summed E-state index contributed by atoms with van der Waals surface area (Å²) in [5.74, 6) is 0.931. The molecule has 0 atom stereocenters. The van der Waals surface area contributed by atoms with Gasteiger partial charge in [0.15, 0.2) is 0 Å². The van der Waals surface area contributed by atoms with Crippen molar-refractivity contribution in [2.24, 2.45) is 0 Å². The molecule has 0 aliphatic heterocycles. The van der Waals surface area contributed by atoms with E-state index in [-0.39, 0.29) is 0 Å². The van der Waals surface area contributed by atoms with E-state index in [0.29, 0.717) is 0 Å². The first kappa shape index (κ1) is 27.6. The number of aromatic nitrogens is 3. The van der Waals surface area contributed by atoms with Crippen molar-refractivity contribution in [1.82, 2.24) is 14.5 Å². The first-order valence-electron chi connectivity index (χ1n) is 16.6. The fourth-order valence-corrected chi connectivity index (χ4v) is 7.30. The molecule has 0 spiro atoms. The summed E-state index contributed by atoms with van der Waals surface area (Å²) in [4.78, 5) is 10.3. The Labute approximate surface area is 282 Å². The van der Waals surface area contributed by atoms with Crippen LogP contribution < -0.4 is 0 Å². The fourth-order valence-electron chi connectivity index (χ4n) is 7.30. The first-order valence-corrected chi connectivity index (χ1v) is 16.6. The average Bonchev–Trinajstić information content (AvgIpc) is 3.63. The highest BCUT2D eigenvalue weighted by Gasteiger charge is 2.19. The van der Waals surface area contributed by atoms with Gasteiger partial charge in [-0.1, -0.05) is 109 Å². The summed E-state index contributed by atoms with van der Waals surface area (Å²) < 4.78 is 8.60. The number of allylic oxidation sites excluding steroid dienone is 3. The Balaban J connectivity index is 1.10. The molecule has 0 saturated heterocycles. The van der Waals surface area contributed by atoms with Gasteiger partial charge in [0.25, 0.3) is 0 Å². The Morgan fingerprint density at radius 3 is 2.24 bits per heavy atom. The van der Waals surface area contributed by atoms with Gasteiger partial charge in [-0.15, -0.1) is 0 Å². The SMILES string of the molecule is C1=CCc2c(nc(-c3cccc(-c4ccc(-n5c(-c6ccccc6)nc6ccccc65)cc4)c3)c3cc4oc5ccccc5c4cc23)C=C1. The molecule has 9 aromatic rings. The lowest BCUT2D eigenvalue weighted by molar-refractivity contribution is 0.669. The Morgan fingerprint density at radius 1 is 0.531 bits per heavy atom. The Kier molecular flexibility index (Phi) is 6.21. The minimum Gasteiger partial charge on any atom is -0.456 e. The maximum atomic E-state index is 6.36. The fraction of sp³-hybridized carbons (Fsp3) is 0.0222. The number of para-hydroxylation sites is 3. The lowest BCUT2D eigenvalue weighted by Crippen LogP contribution is -1.98. The summed E-state index contributed by atoms with van der Waals surface area (Å²) in [6.07, 6.45) is 9.37. The Bertz CT molecular complexity index is 2780. The van der Waals surface area contributed by atoms with Crippen molar-refractivity contribution in [3.05, 3.63) is 169 Å². The summed E-state index contributed by atoms with van der Waals surface area (Å²) in [5, 5.41) is 4.58. The topological polar surface area (TPSA) is 43.9 Å². The molecule has 0 saturated carbocycles. The molecule has 1 aliphatic carbocycles. The zero-order chi connectivity index (χ0) is 32.3. The number of furan rings is 1. The van der Waals surface area contributed by atoms with Gasteiger partial charge < -0.3 is 4.42 Å². The van der Waals surface area contributed by atoms with Crippen LogP contribution in [0.15, 0.2) is 162 Å². The lowest BCUT2D eigenvalue weighted by atomic mass is 9.94. The largest absolute Gasteiger partial charge is 0.456 e. The van der Waals surface area contributed by atoms with E-state index in [1.807, 2.05) is 24.3 Å². The van der Waals surface area contributed by atoms with Gasteiger partial charge in [0.05, 0.1) is 22.4 Å². The molecule has 10 rings (SSSR count). The number of fused-ring (bicyclic) bond motifs is 7. The normalized spacial score (nSPS) is 12.7. The first-order chi connectivity index (χ1) is 24.3.